The highest BCUT2D eigenvalue weighted by molar-refractivity contribution is 14.0. The Labute approximate surface area is 259 Å². The van der Waals surface area contributed by atoms with E-state index in [1.165, 1.54) is 83.5 Å². The second kappa shape index (κ2) is 25.1. The quantitative estimate of drug-likeness (QED) is 0.0957. The fourth-order valence-corrected chi connectivity index (χ4v) is 4.83. The zero-order chi connectivity index (χ0) is 27.8. The minimum Gasteiger partial charge on any atom is -0.449 e. The van der Waals surface area contributed by atoms with Gasteiger partial charge in [0.25, 0.3) is 0 Å². The third-order valence-corrected chi connectivity index (χ3v) is 7.20. The molecule has 230 valence electrons. The summed E-state index contributed by atoms with van der Waals surface area (Å²) >= 11 is 0. The lowest BCUT2D eigenvalue weighted by atomic mass is 10.0. The number of nitrogens with one attached hydrogen (secondary N) is 2. The van der Waals surface area contributed by atoms with Crippen LogP contribution in [0, 0.1) is 5.92 Å². The minimum atomic E-state index is -0.498. The summed E-state index contributed by atoms with van der Waals surface area (Å²) in [6.07, 6.45) is 21.3. The van der Waals surface area contributed by atoms with Gasteiger partial charge in [0.15, 0.2) is 0 Å². The maximum absolute atomic E-state index is 12.0. The Morgan fingerprint density at radius 1 is 0.825 bits per heavy atom. The van der Waals surface area contributed by atoms with Gasteiger partial charge in [0.05, 0.1) is 31.6 Å². The van der Waals surface area contributed by atoms with E-state index >= 15 is 0 Å². The first-order valence-corrected chi connectivity index (χ1v) is 15.5. The lowest BCUT2D eigenvalue weighted by molar-refractivity contribution is 0.0410. The molecule has 2 atom stereocenters. The molecule has 0 aromatic carbocycles. The molecule has 1 aliphatic rings. The highest BCUT2D eigenvalue weighted by Gasteiger charge is 2.27. The van der Waals surface area contributed by atoms with E-state index in [9.17, 15) is 9.59 Å². The van der Waals surface area contributed by atoms with Gasteiger partial charge in [0.2, 0.25) is 0 Å². The van der Waals surface area contributed by atoms with Crippen molar-refractivity contribution in [1.29, 1.82) is 0 Å². The highest BCUT2D eigenvalue weighted by Crippen LogP contribution is 2.20. The van der Waals surface area contributed by atoms with E-state index in [-0.39, 0.29) is 48.7 Å². The normalized spacial score (nSPS) is 16.2. The molecule has 2 amide bonds. The summed E-state index contributed by atoms with van der Waals surface area (Å²) in [4.78, 5) is 28.0. The smallest absolute Gasteiger partial charge is 0.407 e. The van der Waals surface area contributed by atoms with Crippen LogP contribution in [0.5, 0.6) is 0 Å². The second-order valence-electron chi connectivity index (χ2n) is 10.8. The number of hydrogen-bond acceptors (Lipinski definition) is 6. The predicted molar refractivity (Wildman–Crippen MR) is 170 cm³/mol. The van der Waals surface area contributed by atoms with Crippen LogP contribution in [0.15, 0.2) is 24.4 Å². The molecular weight excluding hydrogens is 621 g/mol. The molecule has 1 aliphatic heterocycles. The average molecular weight is 676 g/mol. The summed E-state index contributed by atoms with van der Waals surface area (Å²) in [7, 11) is 0. The van der Waals surface area contributed by atoms with E-state index in [1.54, 1.807) is 6.20 Å². The molecule has 1 aromatic heterocycles. The number of unbranched alkanes of at least 4 members (excludes halogenated alkanes) is 14. The lowest BCUT2D eigenvalue weighted by Crippen LogP contribution is -2.28. The fraction of sp³-hybridized carbons (Fsp3) is 0.774. The van der Waals surface area contributed by atoms with Crippen LogP contribution in [-0.4, -0.2) is 49.6 Å². The summed E-state index contributed by atoms with van der Waals surface area (Å²) in [6, 6.07) is 5.53. The molecule has 1 fully saturated rings. The van der Waals surface area contributed by atoms with Crippen LogP contribution >= 0.6 is 24.0 Å². The maximum Gasteiger partial charge on any atom is 0.407 e. The number of carbonyl (C=O) groups excluding carboxylic acids is 2. The van der Waals surface area contributed by atoms with Crippen LogP contribution in [0.2, 0.25) is 0 Å². The van der Waals surface area contributed by atoms with Gasteiger partial charge in [0, 0.05) is 18.7 Å². The Morgan fingerprint density at radius 3 is 2.00 bits per heavy atom. The van der Waals surface area contributed by atoms with Gasteiger partial charge >= 0.3 is 12.2 Å². The number of rotatable bonds is 22. The first-order valence-electron chi connectivity index (χ1n) is 15.5. The zero-order valence-corrected chi connectivity index (χ0v) is 27.0. The summed E-state index contributed by atoms with van der Waals surface area (Å²) in [5.41, 5.74) is 0.765. The van der Waals surface area contributed by atoms with Crippen LogP contribution in [0.1, 0.15) is 115 Å². The van der Waals surface area contributed by atoms with E-state index in [4.69, 9.17) is 14.2 Å². The number of hydrogen-bond donors (Lipinski definition) is 2. The number of halogens is 1. The summed E-state index contributed by atoms with van der Waals surface area (Å²) in [6.45, 7) is 4.23. The zero-order valence-electron chi connectivity index (χ0n) is 24.7. The molecule has 0 aliphatic carbocycles. The first kappa shape index (κ1) is 36.4. The molecule has 1 saturated heterocycles. The van der Waals surface area contributed by atoms with Gasteiger partial charge in [-0.1, -0.05) is 103 Å². The van der Waals surface area contributed by atoms with E-state index in [2.05, 4.69) is 22.5 Å². The molecular formula is C31H54IN3O5. The second-order valence-corrected chi connectivity index (χ2v) is 10.8. The summed E-state index contributed by atoms with van der Waals surface area (Å²) in [5, 5.41) is 5.52. The van der Waals surface area contributed by atoms with Crippen molar-refractivity contribution in [2.45, 2.75) is 122 Å². The van der Waals surface area contributed by atoms with Gasteiger partial charge in [-0.3, -0.25) is 4.98 Å². The largest absolute Gasteiger partial charge is 0.449 e. The Kier molecular flexibility index (Phi) is 22.9. The van der Waals surface area contributed by atoms with Crippen LogP contribution in [0.4, 0.5) is 9.59 Å². The number of amides is 2. The van der Waals surface area contributed by atoms with Gasteiger partial charge in [-0.15, -0.1) is 24.0 Å². The van der Waals surface area contributed by atoms with Crippen molar-refractivity contribution >= 4 is 36.2 Å². The van der Waals surface area contributed by atoms with E-state index in [0.29, 0.717) is 32.7 Å². The summed E-state index contributed by atoms with van der Waals surface area (Å²) in [5.74, 6) is 0.117. The Hall–Kier alpha value is -1.62. The molecule has 2 heterocycles. The van der Waals surface area contributed by atoms with Crippen molar-refractivity contribution in [1.82, 2.24) is 15.6 Å². The number of alkyl carbamates (subject to hydrolysis) is 2. The predicted octanol–water partition coefficient (Wildman–Crippen LogP) is 7.93. The Morgan fingerprint density at radius 2 is 1.40 bits per heavy atom. The van der Waals surface area contributed by atoms with Gasteiger partial charge in [0.1, 0.15) is 6.61 Å². The highest BCUT2D eigenvalue weighted by atomic mass is 127. The molecule has 0 saturated carbocycles. The SMILES string of the molecule is CCCCCCCCCCCCCCCCCNC(=O)OC[C@H]1CO[C@H](COC(=O)NCc2ccccn2)C1.I. The molecule has 2 rings (SSSR count). The third-order valence-electron chi connectivity index (χ3n) is 7.20. The number of aromatic nitrogens is 1. The van der Waals surface area contributed by atoms with Gasteiger partial charge in [-0.2, -0.15) is 0 Å². The van der Waals surface area contributed by atoms with Crippen LogP contribution in [-0.2, 0) is 20.8 Å². The molecule has 8 nitrogen and oxygen atoms in total. The average Bonchev–Trinajstić information content (AvgIpc) is 3.42. The van der Waals surface area contributed by atoms with Gasteiger partial charge in [-0.05, 0) is 25.0 Å². The van der Waals surface area contributed by atoms with Crippen molar-refractivity contribution in [3.05, 3.63) is 30.1 Å². The molecule has 2 N–H and O–H groups in total. The van der Waals surface area contributed by atoms with E-state index in [1.807, 2.05) is 18.2 Å². The molecule has 40 heavy (non-hydrogen) atoms. The van der Waals surface area contributed by atoms with Crippen LogP contribution in [0.3, 0.4) is 0 Å². The molecule has 0 unspecified atom stereocenters. The van der Waals surface area contributed by atoms with Crippen LogP contribution in [0.25, 0.3) is 0 Å². The number of nitrogens with zero attached hydrogens (tertiary/aromatic N) is 1. The fourth-order valence-electron chi connectivity index (χ4n) is 4.83. The molecule has 1 aromatic rings. The standard InChI is InChI=1S/C31H53N3O5.HI/c1-2-3-4-5-6-7-8-9-10-11-12-13-14-15-17-21-33-30(35)38-25-27-22-29(37-24-27)26-39-31(36)34-23-28-19-16-18-20-32-28;/h16,18-20,27,29H,2-15,17,21-26H2,1H3,(H,33,35)(H,34,36);1H/t27-,29+;/m1./s1. The number of carbonyl (C=O) groups is 2. The van der Waals surface area contributed by atoms with Gasteiger partial charge < -0.3 is 24.8 Å². The lowest BCUT2D eigenvalue weighted by Gasteiger charge is -2.12. The molecule has 9 heteroatoms. The Bertz CT molecular complexity index is 756. The first-order chi connectivity index (χ1) is 19.2. The van der Waals surface area contributed by atoms with Crippen LogP contribution < -0.4 is 10.6 Å². The van der Waals surface area contributed by atoms with Crippen molar-refractivity contribution in [2.24, 2.45) is 5.92 Å². The number of pyridine rings is 1. The summed E-state index contributed by atoms with van der Waals surface area (Å²) < 4.78 is 16.3. The van der Waals surface area contributed by atoms with Gasteiger partial charge in [-0.25, -0.2) is 9.59 Å². The van der Waals surface area contributed by atoms with Crippen molar-refractivity contribution in [2.75, 3.05) is 26.4 Å². The topological polar surface area (TPSA) is 98.8 Å². The Balaban J connectivity index is 0.00000800. The molecule has 0 spiro atoms. The monoisotopic (exact) mass is 675 g/mol. The van der Waals surface area contributed by atoms with E-state index in [0.717, 1.165) is 18.5 Å². The number of ether oxygens (including phenoxy) is 3. The van der Waals surface area contributed by atoms with Crippen molar-refractivity contribution < 1.29 is 23.8 Å². The third kappa shape index (κ3) is 19.5. The molecule has 0 radical (unpaired) electrons. The van der Waals surface area contributed by atoms with Crippen molar-refractivity contribution in [3.8, 4) is 0 Å². The molecule has 0 bridgehead atoms. The van der Waals surface area contributed by atoms with E-state index < -0.39 is 6.09 Å². The minimum absolute atomic E-state index is 0. The maximum atomic E-state index is 12.0. The van der Waals surface area contributed by atoms with Crippen molar-refractivity contribution in [3.63, 3.8) is 0 Å².